The lowest BCUT2D eigenvalue weighted by molar-refractivity contribution is 0.0526. The van der Waals surface area contributed by atoms with Crippen molar-refractivity contribution < 1.29 is 27.5 Å². The zero-order valence-corrected chi connectivity index (χ0v) is 23.2. The van der Waals surface area contributed by atoms with Crippen molar-refractivity contribution in [2.75, 3.05) is 12.9 Å². The molecule has 11 heteroatoms. The Morgan fingerprint density at radius 1 is 1.03 bits per heavy atom. The average Bonchev–Trinajstić information content (AvgIpc) is 3.30. The third-order valence-electron chi connectivity index (χ3n) is 5.84. The SMILES string of the molecule is CCOC(=O)c1ccc(COCc2csc3nc(C(=O)CCc4cccc(CS(C)(=O)=O)c4)[nH]c(=O)c23)cc1. The molecule has 0 unspecified atom stereocenters. The first-order valence-electron chi connectivity index (χ1n) is 12.3. The molecule has 1 N–H and O–H groups in total. The number of hydrogen-bond acceptors (Lipinski definition) is 9. The summed E-state index contributed by atoms with van der Waals surface area (Å²) in [6, 6.07) is 14.0. The summed E-state index contributed by atoms with van der Waals surface area (Å²) in [6.07, 6.45) is 1.69. The number of Topliss-reactive ketones (excluding diaryl/α,β-unsaturated/α-hetero) is 1. The number of nitrogens with zero attached hydrogens (tertiary/aromatic N) is 1. The molecule has 2 aromatic carbocycles. The maximum absolute atomic E-state index is 12.8. The number of carbonyl (C=O) groups excluding carboxylic acids is 2. The van der Waals surface area contributed by atoms with Gasteiger partial charge in [0.15, 0.2) is 21.4 Å². The molecule has 0 saturated carbocycles. The fraction of sp³-hybridized carbons (Fsp3) is 0.286. The molecule has 0 atom stereocenters. The molecule has 0 aliphatic rings. The number of esters is 1. The molecular weight excluding hydrogens is 540 g/mol. The molecule has 0 amide bonds. The summed E-state index contributed by atoms with van der Waals surface area (Å²) in [7, 11) is -3.16. The number of fused-ring (bicyclic) bond motifs is 1. The largest absolute Gasteiger partial charge is 0.462 e. The Bertz CT molecular complexity index is 1660. The van der Waals surface area contributed by atoms with E-state index in [4.69, 9.17) is 9.47 Å². The van der Waals surface area contributed by atoms with Gasteiger partial charge in [-0.05, 0) is 47.5 Å². The van der Waals surface area contributed by atoms with Crippen molar-refractivity contribution in [3.05, 3.63) is 97.9 Å². The highest BCUT2D eigenvalue weighted by molar-refractivity contribution is 7.89. The lowest BCUT2D eigenvalue weighted by Gasteiger charge is -2.06. The van der Waals surface area contributed by atoms with Gasteiger partial charge >= 0.3 is 5.97 Å². The minimum absolute atomic E-state index is 0.00389. The number of aromatic amines is 1. The van der Waals surface area contributed by atoms with Gasteiger partial charge in [-0.1, -0.05) is 36.4 Å². The van der Waals surface area contributed by atoms with Crippen LogP contribution in [0.15, 0.2) is 58.7 Å². The second-order valence-corrected chi connectivity index (χ2v) is 12.1. The molecule has 0 aliphatic heterocycles. The maximum Gasteiger partial charge on any atom is 0.338 e. The van der Waals surface area contributed by atoms with E-state index in [2.05, 4.69) is 9.97 Å². The third kappa shape index (κ3) is 7.69. The van der Waals surface area contributed by atoms with Gasteiger partial charge in [0.2, 0.25) is 0 Å². The first kappa shape index (κ1) is 28.3. The predicted octanol–water partition coefficient (Wildman–Crippen LogP) is 4.24. The minimum atomic E-state index is -3.16. The van der Waals surface area contributed by atoms with Crippen LogP contribution >= 0.6 is 11.3 Å². The van der Waals surface area contributed by atoms with Gasteiger partial charge < -0.3 is 14.5 Å². The summed E-state index contributed by atoms with van der Waals surface area (Å²) >= 11 is 1.27. The summed E-state index contributed by atoms with van der Waals surface area (Å²) in [6.45, 7) is 2.53. The second kappa shape index (κ2) is 12.5. The molecule has 2 aromatic heterocycles. The number of ether oxygens (including phenoxy) is 2. The third-order valence-corrected chi connectivity index (χ3v) is 7.62. The maximum atomic E-state index is 12.8. The molecule has 4 rings (SSSR count). The van der Waals surface area contributed by atoms with Crippen molar-refractivity contribution in [3.8, 4) is 0 Å². The molecule has 0 fully saturated rings. The zero-order chi connectivity index (χ0) is 28.0. The molecule has 2 heterocycles. The van der Waals surface area contributed by atoms with E-state index in [1.54, 1.807) is 54.8 Å². The smallest absolute Gasteiger partial charge is 0.338 e. The Morgan fingerprint density at radius 2 is 1.77 bits per heavy atom. The van der Waals surface area contributed by atoms with E-state index < -0.39 is 15.4 Å². The van der Waals surface area contributed by atoms with Crippen LogP contribution in [0.2, 0.25) is 0 Å². The Kier molecular flexibility index (Phi) is 9.05. The van der Waals surface area contributed by atoms with Crippen molar-refractivity contribution in [2.45, 2.75) is 38.7 Å². The highest BCUT2D eigenvalue weighted by atomic mass is 32.2. The van der Waals surface area contributed by atoms with E-state index in [1.165, 1.54) is 17.6 Å². The van der Waals surface area contributed by atoms with Crippen molar-refractivity contribution in [1.29, 1.82) is 0 Å². The first-order chi connectivity index (χ1) is 18.6. The Balaban J connectivity index is 1.37. The molecule has 0 saturated heterocycles. The van der Waals surface area contributed by atoms with Gasteiger partial charge in [0.1, 0.15) is 4.83 Å². The lowest BCUT2D eigenvalue weighted by atomic mass is 10.1. The molecule has 4 aromatic rings. The molecule has 39 heavy (non-hydrogen) atoms. The number of ketones is 1. The number of H-pyrrole nitrogens is 1. The van der Waals surface area contributed by atoms with E-state index in [1.807, 2.05) is 6.07 Å². The van der Waals surface area contributed by atoms with Crippen LogP contribution in [0.4, 0.5) is 0 Å². The van der Waals surface area contributed by atoms with Crippen molar-refractivity contribution in [2.24, 2.45) is 0 Å². The van der Waals surface area contributed by atoms with E-state index in [-0.39, 0.29) is 43.0 Å². The van der Waals surface area contributed by atoms with Gasteiger partial charge in [-0.25, -0.2) is 18.2 Å². The van der Waals surface area contributed by atoms with Gasteiger partial charge in [0.05, 0.1) is 36.5 Å². The number of benzene rings is 2. The lowest BCUT2D eigenvalue weighted by Crippen LogP contribution is -2.16. The number of carbonyl (C=O) groups is 2. The number of rotatable bonds is 12. The first-order valence-corrected chi connectivity index (χ1v) is 15.2. The van der Waals surface area contributed by atoms with Crippen LogP contribution in [0, 0.1) is 0 Å². The van der Waals surface area contributed by atoms with Crippen LogP contribution in [0.5, 0.6) is 0 Å². The number of nitrogens with one attached hydrogen (secondary N) is 1. The quantitative estimate of drug-likeness (QED) is 0.198. The van der Waals surface area contributed by atoms with Crippen molar-refractivity contribution >= 4 is 43.1 Å². The van der Waals surface area contributed by atoms with Gasteiger partial charge in [-0.3, -0.25) is 9.59 Å². The number of thiophene rings is 1. The predicted molar refractivity (Wildman–Crippen MR) is 149 cm³/mol. The number of aryl methyl sites for hydroxylation is 1. The van der Waals surface area contributed by atoms with E-state index in [9.17, 15) is 22.8 Å². The van der Waals surface area contributed by atoms with Crippen molar-refractivity contribution in [3.63, 3.8) is 0 Å². The Hall–Kier alpha value is -3.67. The fourth-order valence-electron chi connectivity index (χ4n) is 4.03. The summed E-state index contributed by atoms with van der Waals surface area (Å²) in [5.74, 6) is -0.749. The summed E-state index contributed by atoms with van der Waals surface area (Å²) in [5, 5.41) is 2.18. The molecule has 0 bridgehead atoms. The molecule has 0 radical (unpaired) electrons. The van der Waals surface area contributed by atoms with Gasteiger partial charge in [0, 0.05) is 18.2 Å². The summed E-state index contributed by atoms with van der Waals surface area (Å²) in [5.41, 5.74) is 3.10. The standard InChI is InChI=1S/C28H28N2O7S2/c1-3-37-28(33)21-10-7-19(8-11-21)14-36-15-22-16-38-27-24(22)26(32)29-25(30-27)23(31)12-9-18-5-4-6-20(13-18)17-39(2,34)35/h4-8,10-11,13,16H,3,9,12,14-15,17H2,1-2H3,(H,29,30,32). The van der Waals surface area contributed by atoms with Crippen LogP contribution < -0.4 is 5.56 Å². The minimum Gasteiger partial charge on any atom is -0.462 e. The number of aromatic nitrogens is 2. The van der Waals surface area contributed by atoms with Crippen LogP contribution in [0.3, 0.4) is 0 Å². The Morgan fingerprint density at radius 3 is 2.49 bits per heavy atom. The Labute approximate surface area is 229 Å². The normalized spacial score (nSPS) is 11.5. The van der Waals surface area contributed by atoms with E-state index in [0.717, 1.165) is 11.1 Å². The molecule has 0 aliphatic carbocycles. The highest BCUT2D eigenvalue weighted by Crippen LogP contribution is 2.23. The number of hydrogen-bond donors (Lipinski definition) is 1. The monoisotopic (exact) mass is 568 g/mol. The topological polar surface area (TPSA) is 132 Å². The van der Waals surface area contributed by atoms with E-state index in [0.29, 0.717) is 39.9 Å². The van der Waals surface area contributed by atoms with Gasteiger partial charge in [-0.2, -0.15) is 0 Å². The van der Waals surface area contributed by atoms with Crippen LogP contribution in [0.25, 0.3) is 10.2 Å². The highest BCUT2D eigenvalue weighted by Gasteiger charge is 2.16. The van der Waals surface area contributed by atoms with Gasteiger partial charge in [-0.15, -0.1) is 11.3 Å². The summed E-state index contributed by atoms with van der Waals surface area (Å²) < 4.78 is 33.9. The molecule has 9 nitrogen and oxygen atoms in total. The average molecular weight is 569 g/mol. The van der Waals surface area contributed by atoms with Crippen molar-refractivity contribution in [1.82, 2.24) is 9.97 Å². The fourth-order valence-corrected chi connectivity index (χ4v) is 5.74. The van der Waals surface area contributed by atoms with E-state index >= 15 is 0 Å². The number of sulfone groups is 1. The van der Waals surface area contributed by atoms with Crippen LogP contribution in [-0.2, 0) is 44.7 Å². The zero-order valence-electron chi connectivity index (χ0n) is 21.6. The van der Waals surface area contributed by atoms with Crippen LogP contribution in [-0.4, -0.2) is 43.0 Å². The van der Waals surface area contributed by atoms with Crippen LogP contribution in [0.1, 0.15) is 56.6 Å². The summed E-state index contributed by atoms with van der Waals surface area (Å²) in [4.78, 5) is 44.8. The molecule has 0 spiro atoms. The molecular formula is C28H28N2O7S2. The second-order valence-electron chi connectivity index (χ2n) is 9.08. The van der Waals surface area contributed by atoms with Gasteiger partial charge in [0.25, 0.3) is 5.56 Å². The molecule has 204 valence electrons.